The first-order valence-electron chi connectivity index (χ1n) is 6.13. The van der Waals surface area contributed by atoms with Crippen molar-refractivity contribution < 1.29 is 0 Å². The minimum absolute atomic E-state index is 0.0225. The van der Waals surface area contributed by atoms with Gasteiger partial charge < -0.3 is 4.57 Å². The van der Waals surface area contributed by atoms with E-state index in [0.717, 1.165) is 25.6 Å². The van der Waals surface area contributed by atoms with Gasteiger partial charge in [0.25, 0.3) is 5.56 Å². The molecule has 1 aromatic heterocycles. The van der Waals surface area contributed by atoms with Crippen molar-refractivity contribution in [3.8, 4) is 11.1 Å². The monoisotopic (exact) mass is 395 g/mol. The zero-order chi connectivity index (χ0) is 14.3. The molecule has 0 saturated carbocycles. The third-order valence-electron chi connectivity index (χ3n) is 3.38. The average molecular weight is 396 g/mol. The number of rotatable bonds is 1. The lowest BCUT2D eigenvalue weighted by atomic mass is 10.0. The number of para-hydroxylation sites is 1. The summed E-state index contributed by atoms with van der Waals surface area (Å²) in [6.07, 6.45) is 0. The number of aromatic nitrogens is 1. The Hall–Kier alpha value is -1.33. The molecule has 3 aromatic rings. The van der Waals surface area contributed by atoms with Crippen LogP contribution in [0.5, 0.6) is 0 Å². The van der Waals surface area contributed by atoms with Gasteiger partial charge in [-0.15, -0.1) is 0 Å². The van der Waals surface area contributed by atoms with Crippen molar-refractivity contribution in [2.24, 2.45) is 7.05 Å². The van der Waals surface area contributed by atoms with E-state index >= 15 is 0 Å². The van der Waals surface area contributed by atoms with Crippen molar-refractivity contribution >= 4 is 45.1 Å². The standard InChI is InChI=1S/C16H11ClINO/c1-19-13-5-3-2-4-12(13)14(15(18)16(19)20)10-6-8-11(17)9-7-10/h2-9H,1H3. The number of halogens is 2. The predicted molar refractivity (Wildman–Crippen MR) is 92.4 cm³/mol. The second kappa shape index (κ2) is 5.22. The molecular weight excluding hydrogens is 385 g/mol. The number of aryl methyl sites for hydroxylation is 1. The van der Waals surface area contributed by atoms with Crippen LogP contribution in [0.3, 0.4) is 0 Å². The lowest BCUT2D eigenvalue weighted by molar-refractivity contribution is 0.899. The fraction of sp³-hybridized carbons (Fsp3) is 0.0625. The van der Waals surface area contributed by atoms with Crippen molar-refractivity contribution in [2.45, 2.75) is 0 Å². The Morgan fingerprint density at radius 3 is 2.40 bits per heavy atom. The van der Waals surface area contributed by atoms with Gasteiger partial charge in [-0.2, -0.15) is 0 Å². The van der Waals surface area contributed by atoms with Crippen LogP contribution < -0.4 is 5.56 Å². The average Bonchev–Trinajstić information content (AvgIpc) is 2.47. The zero-order valence-corrected chi connectivity index (χ0v) is 13.6. The molecule has 1 heterocycles. The van der Waals surface area contributed by atoms with Gasteiger partial charge >= 0.3 is 0 Å². The second-order valence-corrected chi connectivity index (χ2v) is 6.09. The van der Waals surface area contributed by atoms with Crippen molar-refractivity contribution in [1.82, 2.24) is 4.57 Å². The van der Waals surface area contributed by atoms with E-state index in [2.05, 4.69) is 22.6 Å². The third-order valence-corrected chi connectivity index (χ3v) is 4.63. The van der Waals surface area contributed by atoms with E-state index in [1.54, 1.807) is 11.6 Å². The Bertz CT molecular complexity index is 853. The number of fused-ring (bicyclic) bond motifs is 1. The Balaban J connectivity index is 2.46. The molecule has 0 unspecified atom stereocenters. The fourth-order valence-electron chi connectivity index (χ4n) is 2.36. The van der Waals surface area contributed by atoms with Gasteiger partial charge in [0.15, 0.2) is 0 Å². The molecule has 4 heteroatoms. The van der Waals surface area contributed by atoms with Crippen LogP contribution in [0.4, 0.5) is 0 Å². The summed E-state index contributed by atoms with van der Waals surface area (Å²) in [4.78, 5) is 12.4. The largest absolute Gasteiger partial charge is 0.310 e. The maximum Gasteiger partial charge on any atom is 0.264 e. The molecular formula is C16H11ClINO. The number of benzene rings is 2. The van der Waals surface area contributed by atoms with Crippen molar-refractivity contribution in [1.29, 1.82) is 0 Å². The summed E-state index contributed by atoms with van der Waals surface area (Å²) in [5.74, 6) is 0. The van der Waals surface area contributed by atoms with Crippen molar-refractivity contribution in [3.63, 3.8) is 0 Å². The summed E-state index contributed by atoms with van der Waals surface area (Å²) in [6.45, 7) is 0. The summed E-state index contributed by atoms with van der Waals surface area (Å²) in [5.41, 5.74) is 2.94. The first-order chi connectivity index (χ1) is 9.59. The molecule has 0 fully saturated rings. The molecule has 0 amide bonds. The van der Waals surface area contributed by atoms with Gasteiger partial charge in [0.05, 0.1) is 9.09 Å². The third kappa shape index (κ3) is 2.15. The van der Waals surface area contributed by atoms with Crippen LogP contribution in [-0.4, -0.2) is 4.57 Å². The minimum atomic E-state index is 0.0225. The summed E-state index contributed by atoms with van der Waals surface area (Å²) >= 11 is 8.07. The highest BCUT2D eigenvalue weighted by molar-refractivity contribution is 14.1. The van der Waals surface area contributed by atoms with Crippen LogP contribution in [0.1, 0.15) is 0 Å². The van der Waals surface area contributed by atoms with E-state index in [4.69, 9.17) is 11.6 Å². The van der Waals surface area contributed by atoms with Crippen LogP contribution >= 0.6 is 34.2 Å². The van der Waals surface area contributed by atoms with Gasteiger partial charge in [0.1, 0.15) is 0 Å². The van der Waals surface area contributed by atoms with Gasteiger partial charge in [-0.05, 0) is 46.4 Å². The highest BCUT2D eigenvalue weighted by atomic mass is 127. The Morgan fingerprint density at radius 1 is 1.05 bits per heavy atom. The van der Waals surface area contributed by atoms with Gasteiger partial charge in [0, 0.05) is 23.0 Å². The minimum Gasteiger partial charge on any atom is -0.310 e. The zero-order valence-electron chi connectivity index (χ0n) is 10.7. The van der Waals surface area contributed by atoms with Gasteiger partial charge in [-0.25, -0.2) is 0 Å². The van der Waals surface area contributed by atoms with Crippen LogP contribution in [0.2, 0.25) is 5.02 Å². The molecule has 0 aliphatic heterocycles. The SMILES string of the molecule is Cn1c(=O)c(I)c(-c2ccc(Cl)cc2)c2ccccc21. The predicted octanol–water partition coefficient (Wildman–Crippen LogP) is 4.46. The summed E-state index contributed by atoms with van der Waals surface area (Å²) in [6, 6.07) is 15.5. The van der Waals surface area contributed by atoms with E-state index in [-0.39, 0.29) is 5.56 Å². The van der Waals surface area contributed by atoms with E-state index in [1.807, 2.05) is 48.5 Å². The van der Waals surface area contributed by atoms with E-state index in [1.165, 1.54) is 0 Å². The van der Waals surface area contributed by atoms with E-state index < -0.39 is 0 Å². The molecule has 0 atom stereocenters. The van der Waals surface area contributed by atoms with Crippen LogP contribution in [0.15, 0.2) is 53.3 Å². The molecule has 2 nitrogen and oxygen atoms in total. The number of nitrogens with zero attached hydrogens (tertiary/aromatic N) is 1. The lowest BCUT2D eigenvalue weighted by Crippen LogP contribution is -2.20. The highest BCUT2D eigenvalue weighted by Gasteiger charge is 2.14. The van der Waals surface area contributed by atoms with Crippen LogP contribution in [-0.2, 0) is 7.05 Å². The maximum absolute atomic E-state index is 12.4. The first-order valence-corrected chi connectivity index (χ1v) is 7.58. The van der Waals surface area contributed by atoms with Crippen molar-refractivity contribution in [3.05, 3.63) is 67.5 Å². The fourth-order valence-corrected chi connectivity index (χ4v) is 3.45. The summed E-state index contributed by atoms with van der Waals surface area (Å²) < 4.78 is 2.42. The molecule has 0 aliphatic carbocycles. The smallest absolute Gasteiger partial charge is 0.264 e. The summed E-state index contributed by atoms with van der Waals surface area (Å²) in [5, 5.41) is 1.76. The number of hydrogen-bond donors (Lipinski definition) is 0. The Labute approximate surface area is 135 Å². The molecule has 2 aromatic carbocycles. The molecule has 0 radical (unpaired) electrons. The van der Waals surface area contributed by atoms with E-state index in [9.17, 15) is 4.79 Å². The number of pyridine rings is 1. The topological polar surface area (TPSA) is 22.0 Å². The van der Waals surface area contributed by atoms with Crippen LogP contribution in [0.25, 0.3) is 22.0 Å². The molecule has 0 N–H and O–H groups in total. The quantitative estimate of drug-likeness (QED) is 0.558. The molecule has 0 bridgehead atoms. The molecule has 0 saturated heterocycles. The maximum atomic E-state index is 12.4. The summed E-state index contributed by atoms with van der Waals surface area (Å²) in [7, 11) is 1.80. The Kier molecular flexibility index (Phi) is 3.56. The van der Waals surface area contributed by atoms with Crippen LogP contribution in [0, 0.1) is 3.57 Å². The lowest BCUT2D eigenvalue weighted by Gasteiger charge is -2.13. The van der Waals surface area contributed by atoms with Gasteiger partial charge in [-0.3, -0.25) is 4.79 Å². The Morgan fingerprint density at radius 2 is 1.70 bits per heavy atom. The first kappa shape index (κ1) is 13.6. The second-order valence-electron chi connectivity index (χ2n) is 4.58. The molecule has 0 aliphatic rings. The molecule has 100 valence electrons. The van der Waals surface area contributed by atoms with Gasteiger partial charge in [-0.1, -0.05) is 41.9 Å². The highest BCUT2D eigenvalue weighted by Crippen LogP contribution is 2.31. The molecule has 3 rings (SSSR count). The normalized spacial score (nSPS) is 10.9. The molecule has 0 spiro atoms. The number of hydrogen-bond acceptors (Lipinski definition) is 1. The molecule has 20 heavy (non-hydrogen) atoms. The van der Waals surface area contributed by atoms with Crippen molar-refractivity contribution in [2.75, 3.05) is 0 Å². The van der Waals surface area contributed by atoms with E-state index in [0.29, 0.717) is 5.02 Å². The van der Waals surface area contributed by atoms with Gasteiger partial charge in [0.2, 0.25) is 0 Å².